The van der Waals surface area contributed by atoms with Crippen molar-refractivity contribution >= 4 is 27.2 Å². The van der Waals surface area contributed by atoms with Gasteiger partial charge in [-0.3, -0.25) is 4.98 Å². The van der Waals surface area contributed by atoms with Gasteiger partial charge in [0, 0.05) is 20.3 Å². The molecule has 2 aromatic heterocycles. The number of carbonyl (C=O) groups is 1. The average Bonchev–Trinajstić information content (AvgIpc) is 3.06. The van der Waals surface area contributed by atoms with Gasteiger partial charge in [0.25, 0.3) is 0 Å². The molecule has 10 heteroatoms. The van der Waals surface area contributed by atoms with Crippen LogP contribution >= 0.6 is 0 Å². The Morgan fingerprint density at radius 1 is 1.31 bits per heavy atom. The number of imidazole rings is 1. The molecule has 1 N–H and O–H groups in total. The number of carboxylic acids is 1. The van der Waals surface area contributed by atoms with E-state index in [4.69, 9.17) is 4.74 Å². The largest absolute Gasteiger partial charge is 0.491 e. The molecule has 0 aliphatic carbocycles. The number of ether oxygens (including phenoxy) is 1. The molecule has 0 spiro atoms. The minimum atomic E-state index is -4.03. The number of aromatic nitrogens is 3. The lowest BCUT2D eigenvalue weighted by Crippen LogP contribution is -2.29. The van der Waals surface area contributed by atoms with Crippen LogP contribution in [-0.2, 0) is 10.2 Å². The lowest BCUT2D eigenvalue weighted by molar-refractivity contribution is 0.0697. The SMILES string of the molecule is CCCOc1cccc2c1nc(-c1ncc(C)cc1C(=O)O)n2S(=O)(=O)N(C)C. The molecule has 154 valence electrons. The molecule has 0 amide bonds. The molecule has 0 bridgehead atoms. The third-order valence-electron chi connectivity index (χ3n) is 4.23. The van der Waals surface area contributed by atoms with Crippen LogP contribution in [0, 0.1) is 6.92 Å². The number of benzene rings is 1. The fraction of sp³-hybridized carbons (Fsp3) is 0.316. The highest BCUT2D eigenvalue weighted by molar-refractivity contribution is 7.87. The first kappa shape index (κ1) is 20.7. The van der Waals surface area contributed by atoms with E-state index in [-0.39, 0.29) is 22.6 Å². The predicted octanol–water partition coefficient (Wildman–Crippen LogP) is 2.55. The van der Waals surface area contributed by atoms with Crippen LogP contribution in [0.1, 0.15) is 29.3 Å². The number of para-hydroxylation sites is 1. The molecule has 1 aromatic carbocycles. The molecule has 0 aliphatic heterocycles. The normalized spacial score (nSPS) is 11.9. The zero-order valence-corrected chi connectivity index (χ0v) is 17.4. The highest BCUT2D eigenvalue weighted by atomic mass is 32.2. The van der Waals surface area contributed by atoms with Crippen LogP contribution in [0.15, 0.2) is 30.5 Å². The highest BCUT2D eigenvalue weighted by Crippen LogP contribution is 2.33. The summed E-state index contributed by atoms with van der Waals surface area (Å²) >= 11 is 0. The predicted molar refractivity (Wildman–Crippen MR) is 108 cm³/mol. The van der Waals surface area contributed by atoms with Crippen molar-refractivity contribution in [3.63, 3.8) is 0 Å². The Bertz CT molecular complexity index is 1180. The van der Waals surface area contributed by atoms with Gasteiger partial charge in [-0.05, 0) is 37.1 Å². The van der Waals surface area contributed by atoms with E-state index in [1.54, 1.807) is 25.1 Å². The lowest BCUT2D eigenvalue weighted by atomic mass is 10.1. The number of carboxylic acid groups (broad SMARTS) is 1. The van der Waals surface area contributed by atoms with Crippen molar-refractivity contribution in [2.24, 2.45) is 0 Å². The second kappa shape index (κ2) is 7.80. The minimum Gasteiger partial charge on any atom is -0.491 e. The number of aromatic carboxylic acids is 1. The molecule has 9 nitrogen and oxygen atoms in total. The molecule has 2 heterocycles. The Hall–Kier alpha value is -2.98. The van der Waals surface area contributed by atoms with Gasteiger partial charge in [-0.2, -0.15) is 12.7 Å². The maximum absolute atomic E-state index is 13.1. The number of fused-ring (bicyclic) bond motifs is 1. The first-order valence-corrected chi connectivity index (χ1v) is 10.4. The van der Waals surface area contributed by atoms with E-state index in [0.717, 1.165) is 14.7 Å². The van der Waals surface area contributed by atoms with Gasteiger partial charge in [-0.25, -0.2) is 13.8 Å². The molecule has 0 fully saturated rings. The van der Waals surface area contributed by atoms with Crippen LogP contribution in [0.5, 0.6) is 5.75 Å². The Morgan fingerprint density at radius 3 is 2.66 bits per heavy atom. The maximum Gasteiger partial charge on any atom is 0.338 e. The van der Waals surface area contributed by atoms with Gasteiger partial charge in [-0.15, -0.1) is 0 Å². The van der Waals surface area contributed by atoms with Crippen LogP contribution in [0.25, 0.3) is 22.6 Å². The van der Waals surface area contributed by atoms with Crippen molar-refractivity contribution < 1.29 is 23.1 Å². The van der Waals surface area contributed by atoms with Crippen LogP contribution in [0.4, 0.5) is 0 Å². The molecule has 0 atom stereocenters. The molecule has 0 unspecified atom stereocenters. The van der Waals surface area contributed by atoms with Gasteiger partial charge in [0.1, 0.15) is 17.0 Å². The molecule has 29 heavy (non-hydrogen) atoms. The quantitative estimate of drug-likeness (QED) is 0.627. The Balaban J connectivity index is 2.43. The zero-order valence-electron chi connectivity index (χ0n) is 16.6. The Morgan fingerprint density at radius 2 is 2.03 bits per heavy atom. The Labute approximate surface area is 168 Å². The molecular weight excluding hydrogens is 396 g/mol. The van der Waals surface area contributed by atoms with Crippen molar-refractivity contribution in [2.45, 2.75) is 20.3 Å². The van der Waals surface area contributed by atoms with Crippen molar-refractivity contribution in [3.8, 4) is 17.3 Å². The molecule has 0 saturated heterocycles. The van der Waals surface area contributed by atoms with E-state index in [0.29, 0.717) is 23.4 Å². The van der Waals surface area contributed by atoms with E-state index in [2.05, 4.69) is 9.97 Å². The van der Waals surface area contributed by atoms with E-state index in [1.165, 1.54) is 26.4 Å². The van der Waals surface area contributed by atoms with Crippen LogP contribution in [0.3, 0.4) is 0 Å². The second-order valence-electron chi connectivity index (χ2n) is 6.68. The number of aryl methyl sites for hydroxylation is 1. The Kier molecular flexibility index (Phi) is 5.58. The average molecular weight is 418 g/mol. The fourth-order valence-corrected chi connectivity index (χ4v) is 3.91. The standard InChI is InChI=1S/C19H22N4O5S/c1-5-9-28-15-8-6-7-14-17(15)21-18(23(14)29(26,27)22(3)4)16-13(19(24)25)10-12(2)11-20-16/h6-8,10-11H,5,9H2,1-4H3,(H,24,25). The van der Waals surface area contributed by atoms with Crippen molar-refractivity contribution in [2.75, 3.05) is 20.7 Å². The van der Waals surface area contributed by atoms with Gasteiger partial charge >= 0.3 is 16.2 Å². The first-order valence-electron chi connectivity index (χ1n) is 8.96. The third kappa shape index (κ3) is 3.68. The summed E-state index contributed by atoms with van der Waals surface area (Å²) in [6, 6.07) is 6.40. The van der Waals surface area contributed by atoms with Gasteiger partial charge in [0.15, 0.2) is 5.82 Å². The van der Waals surface area contributed by atoms with E-state index in [1.807, 2.05) is 6.92 Å². The van der Waals surface area contributed by atoms with E-state index < -0.39 is 16.2 Å². The first-order chi connectivity index (χ1) is 13.7. The molecule has 3 aromatic rings. The summed E-state index contributed by atoms with van der Waals surface area (Å²) in [5.74, 6) is -0.888. The fourth-order valence-electron chi connectivity index (χ4n) is 2.84. The summed E-state index contributed by atoms with van der Waals surface area (Å²) in [5, 5.41) is 9.64. The van der Waals surface area contributed by atoms with Crippen molar-refractivity contribution in [3.05, 3.63) is 41.6 Å². The van der Waals surface area contributed by atoms with E-state index >= 15 is 0 Å². The van der Waals surface area contributed by atoms with Crippen molar-refractivity contribution in [1.82, 2.24) is 18.2 Å². The number of hydrogen-bond acceptors (Lipinski definition) is 6. The van der Waals surface area contributed by atoms with Gasteiger partial charge in [0.05, 0.1) is 17.7 Å². The monoisotopic (exact) mass is 418 g/mol. The topological polar surface area (TPSA) is 115 Å². The maximum atomic E-state index is 13.1. The van der Waals surface area contributed by atoms with Gasteiger partial charge in [-0.1, -0.05) is 13.0 Å². The van der Waals surface area contributed by atoms with Crippen LogP contribution < -0.4 is 4.74 Å². The molecule has 0 saturated carbocycles. The summed E-state index contributed by atoms with van der Waals surface area (Å²) in [5.41, 5.74) is 1.06. The van der Waals surface area contributed by atoms with Crippen LogP contribution in [-0.4, -0.2) is 58.4 Å². The highest BCUT2D eigenvalue weighted by Gasteiger charge is 2.29. The van der Waals surface area contributed by atoms with Gasteiger partial charge < -0.3 is 9.84 Å². The number of pyridine rings is 1. The molecule has 0 aliphatic rings. The summed E-state index contributed by atoms with van der Waals surface area (Å²) in [6.45, 7) is 4.10. The summed E-state index contributed by atoms with van der Waals surface area (Å²) < 4.78 is 34.0. The minimum absolute atomic E-state index is 0.0360. The third-order valence-corrected chi connectivity index (χ3v) is 5.98. The van der Waals surface area contributed by atoms with Crippen LogP contribution in [0.2, 0.25) is 0 Å². The lowest BCUT2D eigenvalue weighted by Gasteiger charge is -2.16. The van der Waals surface area contributed by atoms with Gasteiger partial charge in [0.2, 0.25) is 0 Å². The second-order valence-corrected chi connectivity index (χ2v) is 8.67. The zero-order chi connectivity index (χ0) is 21.3. The summed E-state index contributed by atoms with van der Waals surface area (Å²) in [6.07, 6.45) is 2.24. The number of hydrogen-bond donors (Lipinski definition) is 1. The smallest absolute Gasteiger partial charge is 0.338 e. The molecular formula is C19H22N4O5S. The molecule has 3 rings (SSSR count). The number of rotatable bonds is 7. The summed E-state index contributed by atoms with van der Waals surface area (Å²) in [7, 11) is -1.25. The number of nitrogens with zero attached hydrogens (tertiary/aromatic N) is 4. The van der Waals surface area contributed by atoms with E-state index in [9.17, 15) is 18.3 Å². The summed E-state index contributed by atoms with van der Waals surface area (Å²) in [4.78, 5) is 20.5. The molecule has 0 radical (unpaired) electrons. The van der Waals surface area contributed by atoms with Crippen molar-refractivity contribution in [1.29, 1.82) is 0 Å².